The summed E-state index contributed by atoms with van der Waals surface area (Å²) >= 11 is 0. The Balaban J connectivity index is 1.26. The van der Waals surface area contributed by atoms with Gasteiger partial charge in [-0.15, -0.1) is 0 Å². The van der Waals surface area contributed by atoms with Gasteiger partial charge in [0.15, 0.2) is 0 Å². The summed E-state index contributed by atoms with van der Waals surface area (Å²) in [6.07, 6.45) is 3.66. The maximum Gasteiger partial charge on any atom is 0.145 e. The summed E-state index contributed by atoms with van der Waals surface area (Å²) < 4.78 is 2.23. The fourth-order valence-electron chi connectivity index (χ4n) is 7.48. The van der Waals surface area contributed by atoms with Gasteiger partial charge in [-0.1, -0.05) is 109 Å². The summed E-state index contributed by atoms with van der Waals surface area (Å²) in [6, 6.07) is 61.8. The maximum absolute atomic E-state index is 5.42. The molecule has 0 unspecified atom stereocenters. The Bertz CT molecular complexity index is 2850. The predicted molar refractivity (Wildman–Crippen MR) is 215 cm³/mol. The summed E-state index contributed by atoms with van der Waals surface area (Å²) in [6.45, 7) is 0. The van der Waals surface area contributed by atoms with Crippen LogP contribution in [0.25, 0.3) is 71.8 Å². The SMILES string of the molecule is c1ccc(-c2nc3cc(N(c4ccccc4)c4ccccc4)ccc3c3c2ccc2ccc(-c4nc5ccccc5n4-c4ccncc4)cc23)cc1. The molecule has 5 nitrogen and oxygen atoms in total. The fourth-order valence-corrected chi connectivity index (χ4v) is 7.48. The summed E-state index contributed by atoms with van der Waals surface area (Å²) in [5.74, 6) is 0.886. The van der Waals surface area contributed by atoms with Crippen molar-refractivity contribution in [3.05, 3.63) is 188 Å². The number of hydrogen-bond donors (Lipinski definition) is 0. The molecule has 7 aromatic carbocycles. The van der Waals surface area contributed by atoms with E-state index in [0.29, 0.717) is 0 Å². The molecule has 0 aliphatic rings. The molecule has 3 heterocycles. The molecule has 3 aromatic heterocycles. The summed E-state index contributed by atoms with van der Waals surface area (Å²) in [5, 5.41) is 5.70. The van der Waals surface area contributed by atoms with Crippen LogP contribution in [0.4, 0.5) is 17.1 Å². The Hall–Kier alpha value is -7.11. The molecule has 0 saturated carbocycles. The van der Waals surface area contributed by atoms with Crippen LogP contribution < -0.4 is 4.90 Å². The molecule has 10 rings (SSSR count). The standard InChI is InChI=1S/C47H31N5/c1-4-12-33(13-5-1)46-40-24-22-32-20-21-34(47-50-42-18-10-11-19-44(42)52(47)37-26-28-48-29-27-37)30-41(32)45(40)39-25-23-38(31-43(39)49-46)51(35-14-6-2-7-15-35)36-16-8-3-9-17-36/h1-31H. The van der Waals surface area contributed by atoms with Gasteiger partial charge in [0.1, 0.15) is 5.82 Å². The number of nitrogens with zero attached hydrogens (tertiary/aromatic N) is 5. The molecule has 0 amide bonds. The van der Waals surface area contributed by atoms with E-state index in [9.17, 15) is 0 Å². The first-order chi connectivity index (χ1) is 25.8. The minimum absolute atomic E-state index is 0.886. The summed E-state index contributed by atoms with van der Waals surface area (Å²) in [5.41, 5.74) is 10.3. The molecule has 0 spiro atoms. The van der Waals surface area contributed by atoms with Crippen molar-refractivity contribution in [2.24, 2.45) is 0 Å². The van der Waals surface area contributed by atoms with Crippen molar-refractivity contribution >= 4 is 60.5 Å². The van der Waals surface area contributed by atoms with Crippen molar-refractivity contribution in [3.8, 4) is 28.3 Å². The van der Waals surface area contributed by atoms with Crippen LogP contribution >= 0.6 is 0 Å². The average molecular weight is 666 g/mol. The lowest BCUT2D eigenvalue weighted by molar-refractivity contribution is 1.09. The highest BCUT2D eigenvalue weighted by Crippen LogP contribution is 2.42. The Labute approximate surface area is 300 Å². The Kier molecular flexibility index (Phi) is 7.07. The molecule has 5 heteroatoms. The van der Waals surface area contributed by atoms with Crippen LogP contribution in [0.15, 0.2) is 188 Å². The zero-order valence-electron chi connectivity index (χ0n) is 28.1. The first-order valence-electron chi connectivity index (χ1n) is 17.4. The van der Waals surface area contributed by atoms with Gasteiger partial charge in [0.25, 0.3) is 0 Å². The second-order valence-corrected chi connectivity index (χ2v) is 12.9. The van der Waals surface area contributed by atoms with E-state index in [1.54, 1.807) is 0 Å². The number of pyridine rings is 2. The van der Waals surface area contributed by atoms with Gasteiger partial charge in [-0.3, -0.25) is 9.55 Å². The lowest BCUT2D eigenvalue weighted by Crippen LogP contribution is -2.09. The first-order valence-corrected chi connectivity index (χ1v) is 17.4. The highest BCUT2D eigenvalue weighted by Gasteiger charge is 2.19. The first kappa shape index (κ1) is 29.8. The summed E-state index contributed by atoms with van der Waals surface area (Å²) in [7, 11) is 0. The van der Waals surface area contributed by atoms with Crippen molar-refractivity contribution in [3.63, 3.8) is 0 Å². The van der Waals surface area contributed by atoms with Crippen LogP contribution in [0.2, 0.25) is 0 Å². The van der Waals surface area contributed by atoms with Crippen LogP contribution in [0.5, 0.6) is 0 Å². The number of anilines is 3. The molecule has 0 fully saturated rings. The molecular formula is C47H31N5. The largest absolute Gasteiger partial charge is 0.310 e. The smallest absolute Gasteiger partial charge is 0.145 e. The second-order valence-electron chi connectivity index (χ2n) is 12.9. The number of imidazole rings is 1. The molecule has 52 heavy (non-hydrogen) atoms. The van der Waals surface area contributed by atoms with Crippen molar-refractivity contribution in [2.45, 2.75) is 0 Å². The normalized spacial score (nSPS) is 11.5. The van der Waals surface area contributed by atoms with Gasteiger partial charge in [-0.25, -0.2) is 9.97 Å². The second kappa shape index (κ2) is 12.3. The van der Waals surface area contributed by atoms with E-state index < -0.39 is 0 Å². The molecule has 0 aliphatic carbocycles. The molecule has 244 valence electrons. The third-order valence-electron chi connectivity index (χ3n) is 9.83. The van der Waals surface area contributed by atoms with Gasteiger partial charge in [0.2, 0.25) is 0 Å². The highest BCUT2D eigenvalue weighted by atomic mass is 15.1. The predicted octanol–water partition coefficient (Wildman–Crippen LogP) is 12.1. The van der Waals surface area contributed by atoms with E-state index in [4.69, 9.17) is 9.97 Å². The molecular weight excluding hydrogens is 635 g/mol. The Morgan fingerprint density at radius 3 is 1.85 bits per heavy atom. The molecule has 0 atom stereocenters. The molecule has 0 N–H and O–H groups in total. The van der Waals surface area contributed by atoms with Crippen molar-refractivity contribution < 1.29 is 0 Å². The van der Waals surface area contributed by atoms with E-state index in [1.807, 2.05) is 30.6 Å². The lowest BCUT2D eigenvalue weighted by Gasteiger charge is -2.26. The van der Waals surface area contributed by atoms with Crippen molar-refractivity contribution in [1.29, 1.82) is 0 Å². The minimum atomic E-state index is 0.886. The Morgan fingerprint density at radius 2 is 1.10 bits per heavy atom. The van der Waals surface area contributed by atoms with E-state index >= 15 is 0 Å². The van der Waals surface area contributed by atoms with Crippen LogP contribution in [0.1, 0.15) is 0 Å². The highest BCUT2D eigenvalue weighted by molar-refractivity contribution is 6.23. The molecule has 0 radical (unpaired) electrons. The Morgan fingerprint density at radius 1 is 0.442 bits per heavy atom. The van der Waals surface area contributed by atoms with Crippen LogP contribution in [-0.2, 0) is 0 Å². The third-order valence-corrected chi connectivity index (χ3v) is 9.83. The van der Waals surface area contributed by atoms with Crippen LogP contribution in [0.3, 0.4) is 0 Å². The van der Waals surface area contributed by atoms with E-state index in [0.717, 1.165) is 83.5 Å². The van der Waals surface area contributed by atoms with Crippen molar-refractivity contribution in [2.75, 3.05) is 4.90 Å². The zero-order chi connectivity index (χ0) is 34.4. The topological polar surface area (TPSA) is 46.8 Å². The van der Waals surface area contributed by atoms with E-state index in [-0.39, 0.29) is 0 Å². The fraction of sp³-hybridized carbons (Fsp3) is 0. The maximum atomic E-state index is 5.42. The van der Waals surface area contributed by atoms with Crippen LogP contribution in [0, 0.1) is 0 Å². The van der Waals surface area contributed by atoms with E-state index in [1.165, 1.54) is 5.39 Å². The molecule has 0 aliphatic heterocycles. The number of rotatable bonds is 6. The van der Waals surface area contributed by atoms with Gasteiger partial charge in [-0.05, 0) is 77.5 Å². The van der Waals surface area contributed by atoms with Gasteiger partial charge in [0, 0.05) is 56.7 Å². The average Bonchev–Trinajstić information content (AvgIpc) is 3.61. The number of hydrogen-bond acceptors (Lipinski definition) is 4. The number of fused-ring (bicyclic) bond motifs is 6. The van der Waals surface area contributed by atoms with E-state index in [2.05, 4.69) is 172 Å². The molecule has 0 bridgehead atoms. The third kappa shape index (κ3) is 4.98. The number of para-hydroxylation sites is 4. The van der Waals surface area contributed by atoms with Gasteiger partial charge >= 0.3 is 0 Å². The van der Waals surface area contributed by atoms with Crippen LogP contribution in [-0.4, -0.2) is 19.5 Å². The van der Waals surface area contributed by atoms with Gasteiger partial charge < -0.3 is 4.90 Å². The van der Waals surface area contributed by atoms with Gasteiger partial charge in [0.05, 0.1) is 27.9 Å². The molecule has 0 saturated heterocycles. The zero-order valence-corrected chi connectivity index (χ0v) is 28.1. The van der Waals surface area contributed by atoms with Gasteiger partial charge in [-0.2, -0.15) is 0 Å². The minimum Gasteiger partial charge on any atom is -0.310 e. The number of aromatic nitrogens is 4. The molecule has 10 aromatic rings. The summed E-state index contributed by atoms with van der Waals surface area (Å²) in [4.78, 5) is 17.2. The number of benzene rings is 7. The van der Waals surface area contributed by atoms with Crippen molar-refractivity contribution in [1.82, 2.24) is 19.5 Å². The quantitative estimate of drug-likeness (QED) is 0.166. The monoisotopic (exact) mass is 665 g/mol. The lowest BCUT2D eigenvalue weighted by atomic mass is 9.94.